The van der Waals surface area contributed by atoms with Crippen molar-refractivity contribution in [1.29, 1.82) is 0 Å². The Balaban J connectivity index is 3.97. The molecule has 0 heterocycles. The molecule has 5 heteroatoms. The molecule has 0 fully saturated rings. The molecule has 0 aromatic carbocycles. The molecule has 17 heavy (non-hydrogen) atoms. The van der Waals surface area contributed by atoms with E-state index >= 15 is 0 Å². The monoisotopic (exact) mass is 244 g/mol. The molecule has 0 aliphatic carbocycles. The first-order chi connectivity index (χ1) is 7.64. The number of carboxylic acids is 1. The average Bonchev–Trinajstić information content (AvgIpc) is 2.20. The number of amides is 1. The van der Waals surface area contributed by atoms with Crippen LogP contribution in [0.4, 0.5) is 0 Å². The van der Waals surface area contributed by atoms with E-state index in [-0.39, 0.29) is 24.2 Å². The van der Waals surface area contributed by atoms with Gasteiger partial charge in [-0.15, -0.1) is 0 Å². The van der Waals surface area contributed by atoms with E-state index in [2.05, 4.69) is 33.0 Å². The van der Waals surface area contributed by atoms with Crippen LogP contribution in [0.2, 0.25) is 0 Å². The van der Waals surface area contributed by atoms with Crippen LogP contribution in [0.15, 0.2) is 0 Å². The Labute approximate surface area is 103 Å². The van der Waals surface area contributed by atoms with E-state index in [9.17, 15) is 9.59 Å². The second-order valence-electron chi connectivity index (χ2n) is 5.55. The van der Waals surface area contributed by atoms with E-state index in [1.165, 1.54) is 0 Å². The number of hydrogen-bond acceptors (Lipinski definition) is 3. The molecule has 2 atom stereocenters. The van der Waals surface area contributed by atoms with E-state index < -0.39 is 12.0 Å². The highest BCUT2D eigenvalue weighted by molar-refractivity contribution is 5.82. The van der Waals surface area contributed by atoms with Crippen molar-refractivity contribution < 1.29 is 14.7 Å². The molecule has 0 aromatic rings. The van der Waals surface area contributed by atoms with Gasteiger partial charge in [-0.1, -0.05) is 27.7 Å². The van der Waals surface area contributed by atoms with Crippen LogP contribution in [0, 0.1) is 11.3 Å². The highest BCUT2D eigenvalue weighted by atomic mass is 16.4. The maximum absolute atomic E-state index is 11.6. The minimum atomic E-state index is -0.934. The van der Waals surface area contributed by atoms with Crippen molar-refractivity contribution in [3.63, 3.8) is 0 Å². The van der Waals surface area contributed by atoms with Gasteiger partial charge in [-0.05, 0) is 17.8 Å². The van der Waals surface area contributed by atoms with Gasteiger partial charge in [0.25, 0.3) is 0 Å². The summed E-state index contributed by atoms with van der Waals surface area (Å²) >= 11 is 0. The highest BCUT2D eigenvalue weighted by Gasteiger charge is 2.21. The maximum atomic E-state index is 11.6. The molecule has 0 spiro atoms. The Morgan fingerprint density at radius 2 is 1.88 bits per heavy atom. The lowest BCUT2D eigenvalue weighted by atomic mass is 9.82. The van der Waals surface area contributed by atoms with Gasteiger partial charge in [0.15, 0.2) is 0 Å². The van der Waals surface area contributed by atoms with E-state index in [0.29, 0.717) is 12.5 Å². The predicted octanol–water partition coefficient (Wildman–Crippen LogP) is 0.977. The van der Waals surface area contributed by atoms with E-state index in [0.717, 1.165) is 0 Å². The van der Waals surface area contributed by atoms with Crippen molar-refractivity contribution in [2.45, 2.75) is 46.6 Å². The average molecular weight is 244 g/mol. The number of carbonyl (C=O) groups is 2. The lowest BCUT2D eigenvalue weighted by Gasteiger charge is -2.27. The standard InChI is InChI=1S/C12H24N2O3/c1-8(12(2,3)4)7-14-11(17)9(13)5-6-10(15)16/h8-9H,5-7,13H2,1-4H3,(H,14,17)(H,15,16). The molecule has 0 rings (SSSR count). The second-order valence-corrected chi connectivity index (χ2v) is 5.55. The van der Waals surface area contributed by atoms with Gasteiger partial charge in [0, 0.05) is 13.0 Å². The molecule has 2 unspecified atom stereocenters. The summed E-state index contributed by atoms with van der Waals surface area (Å²) in [5.41, 5.74) is 5.71. The van der Waals surface area contributed by atoms with Crippen molar-refractivity contribution >= 4 is 11.9 Å². The number of nitrogens with one attached hydrogen (secondary N) is 1. The molecule has 4 N–H and O–H groups in total. The maximum Gasteiger partial charge on any atom is 0.303 e. The first-order valence-electron chi connectivity index (χ1n) is 5.89. The fraction of sp³-hybridized carbons (Fsp3) is 0.833. The van der Waals surface area contributed by atoms with E-state index in [4.69, 9.17) is 10.8 Å². The summed E-state index contributed by atoms with van der Waals surface area (Å²) < 4.78 is 0. The van der Waals surface area contributed by atoms with Gasteiger partial charge in [-0.25, -0.2) is 0 Å². The Bertz CT molecular complexity index is 271. The zero-order chi connectivity index (χ0) is 13.6. The van der Waals surface area contributed by atoms with Gasteiger partial charge < -0.3 is 16.2 Å². The molecule has 0 saturated heterocycles. The third-order valence-corrected chi connectivity index (χ3v) is 3.07. The van der Waals surface area contributed by atoms with Crippen molar-refractivity contribution in [1.82, 2.24) is 5.32 Å². The van der Waals surface area contributed by atoms with Gasteiger partial charge in [0.1, 0.15) is 0 Å². The van der Waals surface area contributed by atoms with Gasteiger partial charge >= 0.3 is 5.97 Å². The molecule has 0 aliphatic rings. The molecule has 0 aliphatic heterocycles. The molecule has 0 bridgehead atoms. The molecule has 0 aromatic heterocycles. The number of hydrogen-bond donors (Lipinski definition) is 3. The second kappa shape index (κ2) is 6.59. The molecule has 5 nitrogen and oxygen atoms in total. The zero-order valence-electron chi connectivity index (χ0n) is 11.1. The molecule has 0 radical (unpaired) electrons. The summed E-state index contributed by atoms with van der Waals surface area (Å²) in [6.07, 6.45) is 0.0917. The number of rotatable bonds is 6. The van der Waals surface area contributed by atoms with Crippen LogP contribution in [0.3, 0.4) is 0 Å². The van der Waals surface area contributed by atoms with Crippen molar-refractivity contribution in [3.8, 4) is 0 Å². The van der Waals surface area contributed by atoms with Crippen LogP contribution in [0.5, 0.6) is 0 Å². The normalized spacial score (nSPS) is 15.1. The summed E-state index contributed by atoms with van der Waals surface area (Å²) in [6, 6.07) is -0.738. The fourth-order valence-electron chi connectivity index (χ4n) is 1.10. The van der Waals surface area contributed by atoms with Crippen LogP contribution in [0.1, 0.15) is 40.5 Å². The summed E-state index contributed by atoms with van der Waals surface area (Å²) in [6.45, 7) is 8.93. The molecular formula is C12H24N2O3. The van der Waals surface area contributed by atoms with Gasteiger partial charge in [-0.3, -0.25) is 9.59 Å². The molecular weight excluding hydrogens is 220 g/mol. The third kappa shape index (κ3) is 6.94. The van der Waals surface area contributed by atoms with Crippen molar-refractivity contribution in [2.24, 2.45) is 17.1 Å². The number of carboxylic acid groups (broad SMARTS) is 1. The predicted molar refractivity (Wildman–Crippen MR) is 66.5 cm³/mol. The largest absolute Gasteiger partial charge is 0.481 e. The smallest absolute Gasteiger partial charge is 0.303 e. The highest BCUT2D eigenvalue weighted by Crippen LogP contribution is 2.24. The van der Waals surface area contributed by atoms with Crippen molar-refractivity contribution in [2.75, 3.05) is 6.54 Å². The Hall–Kier alpha value is -1.10. The van der Waals surface area contributed by atoms with Crippen LogP contribution in [0.25, 0.3) is 0 Å². The SMILES string of the molecule is CC(CNC(=O)C(N)CCC(=O)O)C(C)(C)C. The van der Waals surface area contributed by atoms with Gasteiger partial charge in [0.05, 0.1) is 6.04 Å². The van der Waals surface area contributed by atoms with Gasteiger partial charge in [-0.2, -0.15) is 0 Å². The minimum absolute atomic E-state index is 0.0799. The summed E-state index contributed by atoms with van der Waals surface area (Å²) in [5.74, 6) is -0.878. The van der Waals surface area contributed by atoms with Crippen LogP contribution < -0.4 is 11.1 Å². The lowest BCUT2D eigenvalue weighted by molar-refractivity contribution is -0.137. The van der Waals surface area contributed by atoms with E-state index in [1.807, 2.05) is 0 Å². The third-order valence-electron chi connectivity index (χ3n) is 3.07. The molecule has 0 saturated carbocycles. The topological polar surface area (TPSA) is 92.4 Å². The number of carbonyl (C=O) groups excluding carboxylic acids is 1. The fourth-order valence-corrected chi connectivity index (χ4v) is 1.10. The van der Waals surface area contributed by atoms with E-state index in [1.54, 1.807) is 0 Å². The first kappa shape index (κ1) is 15.9. The Morgan fingerprint density at radius 1 is 1.35 bits per heavy atom. The zero-order valence-corrected chi connectivity index (χ0v) is 11.1. The minimum Gasteiger partial charge on any atom is -0.481 e. The molecule has 100 valence electrons. The number of nitrogens with two attached hydrogens (primary N) is 1. The van der Waals surface area contributed by atoms with Crippen LogP contribution >= 0.6 is 0 Å². The Morgan fingerprint density at radius 3 is 2.29 bits per heavy atom. The van der Waals surface area contributed by atoms with Crippen LogP contribution in [-0.4, -0.2) is 29.6 Å². The quantitative estimate of drug-likeness (QED) is 0.649. The number of aliphatic carboxylic acids is 1. The lowest BCUT2D eigenvalue weighted by Crippen LogP contribution is -2.43. The van der Waals surface area contributed by atoms with Crippen LogP contribution in [-0.2, 0) is 9.59 Å². The first-order valence-corrected chi connectivity index (χ1v) is 5.89. The summed E-state index contributed by atoms with van der Waals surface area (Å²) in [4.78, 5) is 21.9. The molecule has 1 amide bonds. The Kier molecular flexibility index (Phi) is 6.16. The van der Waals surface area contributed by atoms with Gasteiger partial charge in [0.2, 0.25) is 5.91 Å². The summed E-state index contributed by atoms with van der Waals surface area (Å²) in [7, 11) is 0. The van der Waals surface area contributed by atoms with Crippen molar-refractivity contribution in [3.05, 3.63) is 0 Å². The summed E-state index contributed by atoms with van der Waals surface area (Å²) in [5, 5.41) is 11.2.